The van der Waals surface area contributed by atoms with Crippen molar-refractivity contribution in [2.75, 3.05) is 33.2 Å². The minimum Gasteiger partial charge on any atom is -0.339 e. The van der Waals surface area contributed by atoms with Gasteiger partial charge in [0.1, 0.15) is 6.04 Å². The first kappa shape index (κ1) is 20.9. The molecule has 1 aliphatic rings. The van der Waals surface area contributed by atoms with Gasteiger partial charge >= 0.3 is 0 Å². The fourth-order valence-electron chi connectivity index (χ4n) is 3.15. The van der Waals surface area contributed by atoms with Crippen molar-refractivity contribution >= 4 is 15.9 Å². The zero-order valence-electron chi connectivity index (χ0n) is 16.2. The number of benzene rings is 1. The predicted molar refractivity (Wildman–Crippen MR) is 104 cm³/mol. The average molecular weight is 382 g/mol. The number of hydrogen-bond donors (Lipinski definition) is 1. The molecule has 0 bridgehead atoms. The van der Waals surface area contributed by atoms with Gasteiger partial charge in [-0.15, -0.1) is 0 Å². The maximum atomic E-state index is 12.9. The molecule has 0 unspecified atom stereocenters. The standard InChI is InChI=1S/C19H31N3O3S/c1-15(2)13-18(19(23)22-11-9-21(4)10-12-22)20-26(24,25)14-17-8-6-5-7-16(17)3/h5-8,15,18,20H,9-14H2,1-4H3/t18-/m0/s1. The Kier molecular flexibility index (Phi) is 7.20. The molecular formula is C19H31N3O3S. The van der Waals surface area contributed by atoms with Crippen LogP contribution in [0.5, 0.6) is 0 Å². The first-order chi connectivity index (χ1) is 12.2. The molecule has 1 fully saturated rings. The minimum absolute atomic E-state index is 0.107. The predicted octanol–water partition coefficient (Wildman–Crippen LogP) is 1.60. The SMILES string of the molecule is Cc1ccccc1CS(=O)(=O)N[C@@H](CC(C)C)C(=O)N1CCN(C)CC1. The van der Waals surface area contributed by atoms with Crippen LogP contribution in [0, 0.1) is 12.8 Å². The molecule has 0 spiro atoms. The number of amides is 1. The summed E-state index contributed by atoms with van der Waals surface area (Å²) in [5, 5.41) is 0. The fraction of sp³-hybridized carbons (Fsp3) is 0.632. The zero-order valence-corrected chi connectivity index (χ0v) is 17.1. The number of nitrogens with zero attached hydrogens (tertiary/aromatic N) is 2. The molecule has 1 aromatic rings. The molecule has 1 heterocycles. The number of rotatable bonds is 7. The van der Waals surface area contributed by atoms with Crippen LogP contribution in [0.2, 0.25) is 0 Å². The Labute approximate surface area is 157 Å². The van der Waals surface area contributed by atoms with E-state index in [-0.39, 0.29) is 17.6 Å². The summed E-state index contributed by atoms with van der Waals surface area (Å²) in [4.78, 5) is 16.9. The van der Waals surface area contributed by atoms with Gasteiger partial charge in [-0.05, 0) is 37.4 Å². The number of likely N-dealkylation sites (N-methyl/N-ethyl adjacent to an activating group) is 1. The summed E-state index contributed by atoms with van der Waals surface area (Å²) < 4.78 is 28.1. The number of carbonyl (C=O) groups excluding carboxylic acids is 1. The van der Waals surface area contributed by atoms with E-state index >= 15 is 0 Å². The Bertz CT molecular complexity index is 710. The number of piperazine rings is 1. The molecule has 1 amide bonds. The first-order valence-corrected chi connectivity index (χ1v) is 10.8. The topological polar surface area (TPSA) is 69.7 Å². The summed E-state index contributed by atoms with van der Waals surface area (Å²) in [7, 11) is -1.58. The quantitative estimate of drug-likeness (QED) is 0.779. The van der Waals surface area contributed by atoms with E-state index in [1.807, 2.05) is 52.1 Å². The van der Waals surface area contributed by atoms with Crippen molar-refractivity contribution in [2.45, 2.75) is 39.0 Å². The third-order valence-electron chi connectivity index (χ3n) is 4.75. The van der Waals surface area contributed by atoms with Crippen molar-refractivity contribution < 1.29 is 13.2 Å². The Balaban J connectivity index is 2.11. The van der Waals surface area contributed by atoms with E-state index in [0.29, 0.717) is 19.5 Å². The summed E-state index contributed by atoms with van der Waals surface area (Å²) in [5.41, 5.74) is 1.69. The van der Waals surface area contributed by atoms with Gasteiger partial charge in [0.05, 0.1) is 5.75 Å². The molecule has 1 aromatic carbocycles. The van der Waals surface area contributed by atoms with E-state index in [4.69, 9.17) is 0 Å². The third-order valence-corrected chi connectivity index (χ3v) is 6.08. The number of aryl methyl sites for hydroxylation is 1. The summed E-state index contributed by atoms with van der Waals surface area (Å²) in [6.45, 7) is 8.81. The maximum Gasteiger partial charge on any atom is 0.240 e. The fourth-order valence-corrected chi connectivity index (χ4v) is 4.60. The average Bonchev–Trinajstić information content (AvgIpc) is 2.55. The maximum absolute atomic E-state index is 12.9. The Hall–Kier alpha value is -1.44. The Morgan fingerprint density at radius 3 is 2.35 bits per heavy atom. The van der Waals surface area contributed by atoms with Gasteiger partial charge in [0.15, 0.2) is 0 Å². The highest BCUT2D eigenvalue weighted by Gasteiger charge is 2.30. The second kappa shape index (κ2) is 8.97. The Morgan fingerprint density at radius 1 is 1.15 bits per heavy atom. The van der Waals surface area contributed by atoms with Gasteiger partial charge in [0.2, 0.25) is 15.9 Å². The normalized spacial score (nSPS) is 17.5. The van der Waals surface area contributed by atoms with Gasteiger partial charge in [-0.3, -0.25) is 4.79 Å². The first-order valence-electron chi connectivity index (χ1n) is 9.20. The molecular weight excluding hydrogens is 350 g/mol. The lowest BCUT2D eigenvalue weighted by Crippen LogP contribution is -2.54. The minimum atomic E-state index is -3.60. The third kappa shape index (κ3) is 6.07. The van der Waals surface area contributed by atoms with Gasteiger partial charge in [-0.2, -0.15) is 0 Å². The lowest BCUT2D eigenvalue weighted by atomic mass is 10.0. The summed E-state index contributed by atoms with van der Waals surface area (Å²) in [6, 6.07) is 6.73. The molecule has 6 nitrogen and oxygen atoms in total. The van der Waals surface area contributed by atoms with E-state index in [0.717, 1.165) is 24.2 Å². The lowest BCUT2D eigenvalue weighted by molar-refractivity contribution is -0.135. The van der Waals surface area contributed by atoms with E-state index in [1.54, 1.807) is 4.90 Å². The van der Waals surface area contributed by atoms with Gasteiger partial charge in [0.25, 0.3) is 0 Å². The second-order valence-corrected chi connectivity index (χ2v) is 9.37. The highest BCUT2D eigenvalue weighted by Crippen LogP contribution is 2.15. The molecule has 7 heteroatoms. The molecule has 1 saturated heterocycles. The molecule has 1 N–H and O–H groups in total. The molecule has 146 valence electrons. The molecule has 0 saturated carbocycles. The number of nitrogens with one attached hydrogen (secondary N) is 1. The second-order valence-electron chi connectivity index (χ2n) is 7.61. The van der Waals surface area contributed by atoms with Crippen LogP contribution in [-0.2, 0) is 20.6 Å². The van der Waals surface area contributed by atoms with Crippen molar-refractivity contribution in [2.24, 2.45) is 5.92 Å². The lowest BCUT2D eigenvalue weighted by Gasteiger charge is -2.35. The monoisotopic (exact) mass is 381 g/mol. The van der Waals surface area contributed by atoms with Gasteiger partial charge in [-0.1, -0.05) is 38.1 Å². The Morgan fingerprint density at radius 2 is 1.77 bits per heavy atom. The molecule has 26 heavy (non-hydrogen) atoms. The van der Waals surface area contributed by atoms with Gasteiger partial charge in [-0.25, -0.2) is 13.1 Å². The van der Waals surface area contributed by atoms with E-state index < -0.39 is 16.1 Å². The van der Waals surface area contributed by atoms with Crippen LogP contribution in [0.15, 0.2) is 24.3 Å². The van der Waals surface area contributed by atoms with Crippen molar-refractivity contribution in [1.29, 1.82) is 0 Å². The smallest absolute Gasteiger partial charge is 0.240 e. The van der Waals surface area contributed by atoms with Crippen LogP contribution >= 0.6 is 0 Å². The number of sulfonamides is 1. The van der Waals surface area contributed by atoms with Crippen LogP contribution in [0.1, 0.15) is 31.4 Å². The van der Waals surface area contributed by atoms with E-state index in [2.05, 4.69) is 9.62 Å². The van der Waals surface area contributed by atoms with E-state index in [9.17, 15) is 13.2 Å². The van der Waals surface area contributed by atoms with Crippen molar-refractivity contribution in [3.63, 3.8) is 0 Å². The van der Waals surface area contributed by atoms with Crippen molar-refractivity contribution in [3.05, 3.63) is 35.4 Å². The highest BCUT2D eigenvalue weighted by atomic mass is 32.2. The molecule has 1 aliphatic heterocycles. The molecule has 0 aliphatic carbocycles. The van der Waals surface area contributed by atoms with Gasteiger partial charge < -0.3 is 9.80 Å². The molecule has 0 radical (unpaired) electrons. The van der Waals surface area contributed by atoms with Gasteiger partial charge in [0, 0.05) is 26.2 Å². The van der Waals surface area contributed by atoms with Crippen LogP contribution in [0.25, 0.3) is 0 Å². The molecule has 0 aromatic heterocycles. The van der Waals surface area contributed by atoms with E-state index in [1.165, 1.54) is 0 Å². The zero-order chi connectivity index (χ0) is 19.3. The highest BCUT2D eigenvalue weighted by molar-refractivity contribution is 7.88. The summed E-state index contributed by atoms with van der Waals surface area (Å²) in [5.74, 6) is 0.00215. The van der Waals surface area contributed by atoms with Crippen LogP contribution in [-0.4, -0.2) is 63.4 Å². The number of hydrogen-bond acceptors (Lipinski definition) is 4. The van der Waals surface area contributed by atoms with Crippen LogP contribution < -0.4 is 4.72 Å². The van der Waals surface area contributed by atoms with Crippen molar-refractivity contribution in [3.8, 4) is 0 Å². The molecule has 2 rings (SSSR count). The summed E-state index contributed by atoms with van der Waals surface area (Å²) >= 11 is 0. The number of carbonyl (C=O) groups is 1. The van der Waals surface area contributed by atoms with Crippen molar-refractivity contribution in [1.82, 2.24) is 14.5 Å². The van der Waals surface area contributed by atoms with Crippen LogP contribution in [0.4, 0.5) is 0 Å². The summed E-state index contributed by atoms with van der Waals surface area (Å²) in [6.07, 6.45) is 0.498. The largest absolute Gasteiger partial charge is 0.339 e. The van der Waals surface area contributed by atoms with Crippen LogP contribution in [0.3, 0.4) is 0 Å². The molecule has 1 atom stereocenters.